The number of H-pyrrole nitrogens is 2. The molecule has 0 unspecified atom stereocenters. The molecule has 4 aromatic rings. The van der Waals surface area contributed by atoms with Gasteiger partial charge in [-0.05, 0) is 43.2 Å². The number of carboxylic acids is 1. The number of para-hydroxylation sites is 1. The van der Waals surface area contributed by atoms with Crippen LogP contribution < -0.4 is 27.0 Å². The smallest absolute Gasteiger partial charge is 0.417 e. The van der Waals surface area contributed by atoms with E-state index in [2.05, 4.69) is 31.2 Å². The lowest BCUT2D eigenvalue weighted by molar-refractivity contribution is -0.141. The molecule has 2 aromatic carbocycles. The topological polar surface area (TPSA) is 232 Å². The molecule has 9 N–H and O–H groups in total. The van der Waals surface area contributed by atoms with E-state index in [9.17, 15) is 41.9 Å². The van der Waals surface area contributed by atoms with E-state index in [1.807, 2.05) is 6.07 Å². The van der Waals surface area contributed by atoms with Gasteiger partial charge in [0.1, 0.15) is 24.2 Å². The van der Waals surface area contributed by atoms with E-state index in [1.54, 1.807) is 24.4 Å². The number of carbonyl (C=O) groups excluding carboxylic acids is 5. The predicted molar refractivity (Wildman–Crippen MR) is 193 cm³/mol. The molecule has 3 heterocycles. The van der Waals surface area contributed by atoms with E-state index in [4.69, 9.17) is 10.8 Å². The second-order valence-electron chi connectivity index (χ2n) is 12.9. The quantitative estimate of drug-likeness (QED) is 0.0924. The van der Waals surface area contributed by atoms with Crippen LogP contribution in [0.15, 0.2) is 54.9 Å². The van der Waals surface area contributed by atoms with Crippen LogP contribution in [0, 0.1) is 0 Å². The van der Waals surface area contributed by atoms with Crippen molar-refractivity contribution < 1.29 is 47.0 Å². The molecular formula is C35H39F3N8O7S. The molecule has 0 bridgehead atoms. The number of hydrogen-bond acceptors (Lipinski definition) is 8. The van der Waals surface area contributed by atoms with Gasteiger partial charge in [-0.3, -0.25) is 28.8 Å². The van der Waals surface area contributed by atoms with Gasteiger partial charge >= 0.3 is 12.1 Å². The molecule has 0 aliphatic carbocycles. The molecule has 5 rings (SSSR count). The number of alkyl halides is 3. The number of benzene rings is 2. The minimum Gasteiger partial charge on any atom is -0.480 e. The van der Waals surface area contributed by atoms with Crippen molar-refractivity contribution in [2.24, 2.45) is 5.73 Å². The number of aliphatic carboxylic acids is 1. The molecule has 5 amide bonds. The summed E-state index contributed by atoms with van der Waals surface area (Å²) in [5.74, 6) is -4.77. The molecular weight excluding hydrogens is 733 g/mol. The molecule has 1 aliphatic rings. The summed E-state index contributed by atoms with van der Waals surface area (Å²) in [5.41, 5.74) is 6.33. The number of nitrogens with two attached hydrogens (primary N) is 1. The molecule has 1 saturated heterocycles. The van der Waals surface area contributed by atoms with Crippen LogP contribution in [0.25, 0.3) is 21.8 Å². The molecule has 2 aromatic heterocycles. The van der Waals surface area contributed by atoms with Gasteiger partial charge in [0.05, 0.1) is 24.0 Å². The first-order chi connectivity index (χ1) is 25.5. The number of hydrogen-bond donors (Lipinski definition) is 8. The van der Waals surface area contributed by atoms with Gasteiger partial charge in [-0.1, -0.05) is 24.3 Å². The Morgan fingerprint density at radius 3 is 2.26 bits per heavy atom. The normalized spacial score (nSPS) is 16.7. The van der Waals surface area contributed by atoms with Crippen molar-refractivity contribution in [3.05, 3.63) is 71.5 Å². The lowest BCUT2D eigenvalue weighted by Gasteiger charge is -2.27. The average Bonchev–Trinajstić information content (AvgIpc) is 3.88. The highest BCUT2D eigenvalue weighted by Crippen LogP contribution is 2.36. The van der Waals surface area contributed by atoms with Gasteiger partial charge in [-0.2, -0.15) is 13.2 Å². The summed E-state index contributed by atoms with van der Waals surface area (Å²) in [6.45, 7) is 1.97. The Balaban J connectivity index is 1.46. The Labute approximate surface area is 310 Å². The predicted octanol–water partition coefficient (Wildman–Crippen LogP) is 1.38. The van der Waals surface area contributed by atoms with Crippen LogP contribution in [0.4, 0.5) is 13.2 Å². The van der Waals surface area contributed by atoms with Gasteiger partial charge in [0.15, 0.2) is 0 Å². The zero-order chi connectivity index (χ0) is 39.3. The zero-order valence-electron chi connectivity index (χ0n) is 29.1. The summed E-state index contributed by atoms with van der Waals surface area (Å²) in [5, 5.41) is 19.4. The number of fused-ring (bicyclic) bond motifs is 2. The van der Waals surface area contributed by atoms with Gasteiger partial charge in [-0.15, -0.1) is 11.8 Å². The Morgan fingerprint density at radius 2 is 1.56 bits per heavy atom. The van der Waals surface area contributed by atoms with E-state index in [1.165, 1.54) is 48.8 Å². The molecule has 1 fully saturated rings. The lowest BCUT2D eigenvalue weighted by Crippen LogP contribution is -2.58. The van der Waals surface area contributed by atoms with Gasteiger partial charge in [0, 0.05) is 52.8 Å². The van der Waals surface area contributed by atoms with Crippen LogP contribution in [-0.2, 0) is 47.8 Å². The van der Waals surface area contributed by atoms with Crippen molar-refractivity contribution in [2.45, 2.75) is 63.1 Å². The number of aromatic nitrogens is 2. The van der Waals surface area contributed by atoms with Crippen LogP contribution >= 0.6 is 11.8 Å². The summed E-state index contributed by atoms with van der Waals surface area (Å²) < 4.78 is 42.3. The fourth-order valence-corrected chi connectivity index (χ4v) is 7.30. The summed E-state index contributed by atoms with van der Waals surface area (Å²) in [7, 11) is 0. The van der Waals surface area contributed by atoms with Crippen LogP contribution in [0.1, 0.15) is 30.5 Å². The molecule has 1 aliphatic heterocycles. The number of carbonyl (C=O) groups is 6. The van der Waals surface area contributed by atoms with Crippen molar-refractivity contribution in [3.8, 4) is 0 Å². The highest BCUT2D eigenvalue weighted by atomic mass is 32.2. The number of halogens is 3. The standard InChI is InChI=1S/C35H39F3N8O7S/c1-17(39)33(51)46-16-54-15-27(46)32(50)45-26(10-19-12-40-23-8-4-3-6-21(19)23)31(49)44-25(30(48)42-14-28(47)43-18(2)34(52)53)11-20-13-41-24-9-5-7-22(29(20)24)35(36,37)38/h3-9,12-13,17-18,25-27,40-41H,10-11,14-16,39H2,1-2H3,(H,42,48)(H,43,47)(H,44,49)(H,45,50)(H,52,53)/t17-,18-,25+,26+,27+/m1/s1. The van der Waals surface area contributed by atoms with Crippen molar-refractivity contribution >= 4 is 69.1 Å². The number of rotatable bonds is 14. The van der Waals surface area contributed by atoms with Gasteiger partial charge in [-0.25, -0.2) is 0 Å². The first kappa shape index (κ1) is 39.6. The fourth-order valence-electron chi connectivity index (χ4n) is 6.14. The maximum Gasteiger partial charge on any atom is 0.417 e. The zero-order valence-corrected chi connectivity index (χ0v) is 29.9. The maximum atomic E-state index is 14.2. The monoisotopic (exact) mass is 772 g/mol. The number of aromatic amines is 2. The summed E-state index contributed by atoms with van der Waals surface area (Å²) >= 11 is 1.32. The summed E-state index contributed by atoms with van der Waals surface area (Å²) in [4.78, 5) is 85.2. The molecule has 0 radical (unpaired) electrons. The second kappa shape index (κ2) is 16.6. The first-order valence-corrected chi connectivity index (χ1v) is 18.0. The van der Waals surface area contributed by atoms with E-state index < -0.39 is 90.4 Å². The second-order valence-corrected chi connectivity index (χ2v) is 13.9. The van der Waals surface area contributed by atoms with Gasteiger partial charge in [0.25, 0.3) is 0 Å². The molecule has 0 spiro atoms. The summed E-state index contributed by atoms with van der Waals surface area (Å²) in [6, 6.07) is 4.62. The third-order valence-electron chi connectivity index (χ3n) is 8.91. The van der Waals surface area contributed by atoms with Crippen molar-refractivity contribution in [3.63, 3.8) is 0 Å². The number of amides is 5. The van der Waals surface area contributed by atoms with E-state index >= 15 is 0 Å². The first-order valence-electron chi connectivity index (χ1n) is 16.8. The molecule has 288 valence electrons. The number of nitrogens with one attached hydrogen (secondary N) is 6. The van der Waals surface area contributed by atoms with Crippen molar-refractivity contribution in [2.75, 3.05) is 18.2 Å². The highest BCUT2D eigenvalue weighted by molar-refractivity contribution is 7.99. The SMILES string of the molecule is C[C@@H](N)C(=O)N1CSC[C@H]1C(=O)N[C@@H](Cc1c[nH]c2ccccc12)C(=O)N[C@@H](Cc1c[nH]c2cccc(C(F)(F)F)c12)C(=O)NCC(=O)N[C@H](C)C(=O)O. The van der Waals surface area contributed by atoms with E-state index in [0.717, 1.165) is 17.0 Å². The van der Waals surface area contributed by atoms with Crippen LogP contribution in [0.3, 0.4) is 0 Å². The Kier molecular flexibility index (Phi) is 12.2. The van der Waals surface area contributed by atoms with E-state index in [-0.39, 0.29) is 34.5 Å². The third-order valence-corrected chi connectivity index (χ3v) is 9.92. The molecule has 54 heavy (non-hydrogen) atoms. The Hall–Kier alpha value is -5.56. The number of thioether (sulfide) groups is 1. The minimum atomic E-state index is -4.76. The van der Waals surface area contributed by atoms with Crippen LogP contribution in [0.2, 0.25) is 0 Å². The number of nitrogens with zero attached hydrogens (tertiary/aromatic N) is 1. The van der Waals surface area contributed by atoms with Crippen LogP contribution in [0.5, 0.6) is 0 Å². The molecule has 5 atom stereocenters. The molecule has 15 nitrogen and oxygen atoms in total. The van der Waals surface area contributed by atoms with E-state index in [0.29, 0.717) is 5.56 Å². The van der Waals surface area contributed by atoms with Crippen molar-refractivity contribution in [1.29, 1.82) is 0 Å². The fraction of sp³-hybridized carbons (Fsp3) is 0.371. The molecule has 0 saturated carbocycles. The Bertz CT molecular complexity index is 2070. The van der Waals surface area contributed by atoms with Crippen molar-refractivity contribution in [1.82, 2.24) is 36.1 Å². The van der Waals surface area contributed by atoms with Crippen LogP contribution in [-0.4, -0.2) is 104 Å². The highest BCUT2D eigenvalue weighted by Gasteiger charge is 2.39. The summed E-state index contributed by atoms with van der Waals surface area (Å²) in [6.07, 6.45) is -2.42. The third kappa shape index (κ3) is 9.14. The van der Waals surface area contributed by atoms with Gasteiger partial charge in [0.2, 0.25) is 29.5 Å². The molecule has 19 heteroatoms. The number of carboxylic acid groups (broad SMARTS) is 1. The Morgan fingerprint density at radius 1 is 0.907 bits per heavy atom. The largest absolute Gasteiger partial charge is 0.480 e. The minimum absolute atomic E-state index is 0.0209. The maximum absolute atomic E-state index is 14.2. The van der Waals surface area contributed by atoms with Gasteiger partial charge < -0.3 is 47.0 Å². The average molecular weight is 773 g/mol. The lowest BCUT2D eigenvalue weighted by atomic mass is 9.99.